The number of hydrogen-bond acceptors (Lipinski definition) is 1. The van der Waals surface area contributed by atoms with Gasteiger partial charge in [-0.1, -0.05) is 84.9 Å². The van der Waals surface area contributed by atoms with Gasteiger partial charge in [-0.05, 0) is 41.0 Å². The van der Waals surface area contributed by atoms with Gasteiger partial charge in [0.2, 0.25) is 0 Å². The lowest BCUT2D eigenvalue weighted by Gasteiger charge is -2.09. The van der Waals surface area contributed by atoms with Crippen molar-refractivity contribution in [2.45, 2.75) is 0 Å². The van der Waals surface area contributed by atoms with Crippen LogP contribution in [0.1, 0.15) is 0 Å². The van der Waals surface area contributed by atoms with Crippen LogP contribution in [-0.2, 0) is 0 Å². The first kappa shape index (κ1) is 17.4. The van der Waals surface area contributed by atoms with Crippen molar-refractivity contribution >= 4 is 43.7 Å². The molecule has 1 N–H and O–H groups in total. The van der Waals surface area contributed by atoms with E-state index in [1.54, 1.807) is 0 Å². The summed E-state index contributed by atoms with van der Waals surface area (Å²) in [6.07, 6.45) is 0. The monoisotopic (exact) mass is 409 g/mol. The van der Waals surface area contributed by atoms with Gasteiger partial charge in [0.15, 0.2) is 0 Å². The van der Waals surface area contributed by atoms with Crippen LogP contribution in [-0.4, -0.2) is 4.98 Å². The summed E-state index contributed by atoms with van der Waals surface area (Å²) >= 11 is 0. The molecule has 0 bridgehead atoms. The fourth-order valence-corrected chi connectivity index (χ4v) is 4.98. The molecule has 7 aromatic rings. The highest BCUT2D eigenvalue weighted by atomic mass is 16.3. The van der Waals surface area contributed by atoms with Gasteiger partial charge < -0.3 is 9.40 Å². The van der Waals surface area contributed by atoms with Crippen molar-refractivity contribution in [3.05, 3.63) is 109 Å². The van der Waals surface area contributed by atoms with Crippen molar-refractivity contribution in [3.8, 4) is 22.3 Å². The van der Waals surface area contributed by atoms with Gasteiger partial charge in [0, 0.05) is 32.6 Å². The lowest BCUT2D eigenvalue weighted by atomic mass is 9.95. The van der Waals surface area contributed by atoms with E-state index in [1.165, 1.54) is 49.4 Å². The first-order valence-corrected chi connectivity index (χ1v) is 10.9. The molecule has 2 nitrogen and oxygen atoms in total. The number of furan rings is 1. The lowest BCUT2D eigenvalue weighted by Crippen LogP contribution is -1.84. The molecule has 0 aliphatic carbocycles. The zero-order valence-electron chi connectivity index (χ0n) is 17.3. The molecule has 2 heterocycles. The summed E-state index contributed by atoms with van der Waals surface area (Å²) in [6.45, 7) is 0. The summed E-state index contributed by atoms with van der Waals surface area (Å²) in [5, 5.41) is 4.84. The molecule has 32 heavy (non-hydrogen) atoms. The molecule has 150 valence electrons. The third-order valence-electron chi connectivity index (χ3n) is 6.43. The number of rotatable bonds is 2. The molecule has 2 aromatic heterocycles. The van der Waals surface area contributed by atoms with Crippen LogP contribution in [0.5, 0.6) is 0 Å². The summed E-state index contributed by atoms with van der Waals surface area (Å²) in [7, 11) is 0. The van der Waals surface area contributed by atoms with E-state index in [9.17, 15) is 0 Å². The van der Waals surface area contributed by atoms with Gasteiger partial charge in [-0.3, -0.25) is 0 Å². The van der Waals surface area contributed by atoms with Crippen LogP contribution >= 0.6 is 0 Å². The van der Waals surface area contributed by atoms with E-state index < -0.39 is 0 Å². The van der Waals surface area contributed by atoms with Crippen molar-refractivity contribution in [3.63, 3.8) is 0 Å². The Bertz CT molecular complexity index is 1780. The van der Waals surface area contributed by atoms with Crippen LogP contribution in [0.2, 0.25) is 0 Å². The largest absolute Gasteiger partial charge is 0.456 e. The highest BCUT2D eigenvalue weighted by Gasteiger charge is 2.14. The number of hydrogen-bond donors (Lipinski definition) is 1. The number of H-pyrrole nitrogens is 1. The van der Waals surface area contributed by atoms with Crippen molar-refractivity contribution in [2.75, 3.05) is 0 Å². The summed E-state index contributed by atoms with van der Waals surface area (Å²) < 4.78 is 6.12. The third kappa shape index (κ3) is 2.47. The zero-order chi connectivity index (χ0) is 21.1. The number of aromatic amines is 1. The summed E-state index contributed by atoms with van der Waals surface area (Å²) in [6, 6.07) is 38.4. The van der Waals surface area contributed by atoms with Crippen LogP contribution in [0.15, 0.2) is 114 Å². The SMILES string of the molecule is c1cc(-c2cccc3c2[nH]c2ccccc23)cc(-c2cccc3oc4ccccc4c23)c1. The summed E-state index contributed by atoms with van der Waals surface area (Å²) in [4.78, 5) is 3.64. The molecule has 5 aromatic carbocycles. The minimum absolute atomic E-state index is 0.923. The van der Waals surface area contributed by atoms with Gasteiger partial charge in [0.1, 0.15) is 11.2 Å². The number of aromatic nitrogens is 1. The van der Waals surface area contributed by atoms with Gasteiger partial charge in [0.05, 0.1) is 5.52 Å². The maximum Gasteiger partial charge on any atom is 0.136 e. The minimum atomic E-state index is 0.923. The number of fused-ring (bicyclic) bond motifs is 6. The van der Waals surface area contributed by atoms with Crippen LogP contribution in [0, 0.1) is 0 Å². The second kappa shape index (κ2) is 6.60. The first-order valence-electron chi connectivity index (χ1n) is 10.9. The van der Waals surface area contributed by atoms with E-state index in [-0.39, 0.29) is 0 Å². The Morgan fingerprint density at radius 3 is 2.09 bits per heavy atom. The maximum atomic E-state index is 6.12. The van der Waals surface area contributed by atoms with Crippen LogP contribution in [0.3, 0.4) is 0 Å². The molecule has 0 radical (unpaired) electrons. The molecule has 0 unspecified atom stereocenters. The number of para-hydroxylation sites is 3. The normalized spacial score (nSPS) is 11.8. The van der Waals surface area contributed by atoms with E-state index in [0.717, 1.165) is 16.6 Å². The van der Waals surface area contributed by atoms with E-state index >= 15 is 0 Å². The van der Waals surface area contributed by atoms with Crippen molar-refractivity contribution in [1.29, 1.82) is 0 Å². The van der Waals surface area contributed by atoms with Crippen LogP contribution in [0.25, 0.3) is 66.0 Å². The smallest absolute Gasteiger partial charge is 0.136 e. The molecule has 0 aliphatic heterocycles. The van der Waals surface area contributed by atoms with Gasteiger partial charge in [0.25, 0.3) is 0 Å². The lowest BCUT2D eigenvalue weighted by molar-refractivity contribution is 0.669. The molecule has 7 rings (SSSR count). The average Bonchev–Trinajstić information content (AvgIpc) is 3.42. The Kier molecular flexibility index (Phi) is 3.58. The second-order valence-corrected chi connectivity index (χ2v) is 8.26. The molecule has 0 spiro atoms. The molecule has 2 heteroatoms. The molecule has 0 saturated carbocycles. The van der Waals surface area contributed by atoms with E-state index in [2.05, 4.69) is 96.0 Å². The highest BCUT2D eigenvalue weighted by Crippen LogP contribution is 2.39. The Labute approximate surface area is 184 Å². The van der Waals surface area contributed by atoms with E-state index in [0.29, 0.717) is 0 Å². The van der Waals surface area contributed by atoms with Crippen molar-refractivity contribution in [1.82, 2.24) is 4.98 Å². The predicted molar refractivity (Wildman–Crippen MR) is 134 cm³/mol. The molecule has 0 atom stereocenters. The van der Waals surface area contributed by atoms with Crippen molar-refractivity contribution in [2.24, 2.45) is 0 Å². The van der Waals surface area contributed by atoms with Gasteiger partial charge in [-0.15, -0.1) is 0 Å². The molecule has 0 saturated heterocycles. The standard InChI is InChI=1S/C30H19NO/c1-3-15-26-23(10-1)24-14-6-13-22(30(24)31-26)20-9-5-8-19(18-20)21-12-7-17-28-29(21)25-11-2-4-16-27(25)32-28/h1-18,31H. The minimum Gasteiger partial charge on any atom is -0.456 e. The Morgan fingerprint density at radius 1 is 0.500 bits per heavy atom. The molecular formula is C30H19NO. The van der Waals surface area contributed by atoms with Gasteiger partial charge in [-0.25, -0.2) is 0 Å². The fraction of sp³-hybridized carbons (Fsp3) is 0. The quantitative estimate of drug-likeness (QED) is 0.304. The first-order chi connectivity index (χ1) is 15.9. The Morgan fingerprint density at radius 2 is 1.16 bits per heavy atom. The van der Waals surface area contributed by atoms with Crippen LogP contribution < -0.4 is 0 Å². The maximum absolute atomic E-state index is 6.12. The Balaban J connectivity index is 1.47. The third-order valence-corrected chi connectivity index (χ3v) is 6.43. The number of benzene rings is 5. The summed E-state index contributed by atoms with van der Waals surface area (Å²) in [5.41, 5.74) is 8.99. The Hall–Kier alpha value is -4.30. The molecule has 0 fully saturated rings. The predicted octanol–water partition coefficient (Wildman–Crippen LogP) is 8.55. The number of nitrogens with one attached hydrogen (secondary N) is 1. The summed E-state index contributed by atoms with van der Waals surface area (Å²) in [5.74, 6) is 0. The average molecular weight is 409 g/mol. The molecule has 0 amide bonds. The van der Waals surface area contributed by atoms with Crippen LogP contribution in [0.4, 0.5) is 0 Å². The van der Waals surface area contributed by atoms with E-state index in [4.69, 9.17) is 4.42 Å². The second-order valence-electron chi connectivity index (χ2n) is 8.26. The van der Waals surface area contributed by atoms with Crippen molar-refractivity contribution < 1.29 is 4.42 Å². The zero-order valence-corrected chi connectivity index (χ0v) is 17.3. The molecular weight excluding hydrogens is 390 g/mol. The van der Waals surface area contributed by atoms with Gasteiger partial charge in [-0.2, -0.15) is 0 Å². The topological polar surface area (TPSA) is 28.9 Å². The molecule has 0 aliphatic rings. The highest BCUT2D eigenvalue weighted by molar-refractivity contribution is 6.14. The van der Waals surface area contributed by atoms with Gasteiger partial charge >= 0.3 is 0 Å². The van der Waals surface area contributed by atoms with E-state index in [1.807, 2.05) is 18.2 Å². The fourth-order valence-electron chi connectivity index (χ4n) is 4.98.